The average Bonchev–Trinajstić information content (AvgIpc) is 3.33. The molecule has 1 aromatic heterocycles. The summed E-state index contributed by atoms with van der Waals surface area (Å²) in [7, 11) is 0. The quantitative estimate of drug-likeness (QED) is 0.436. The molecule has 3 aromatic rings. The minimum absolute atomic E-state index is 0.0717. The maximum absolute atomic E-state index is 13.8. The highest BCUT2D eigenvalue weighted by molar-refractivity contribution is 7.13. The molecule has 0 spiro atoms. The van der Waals surface area contributed by atoms with Gasteiger partial charge in [0, 0.05) is 31.1 Å². The fourth-order valence-corrected chi connectivity index (χ4v) is 6.84. The summed E-state index contributed by atoms with van der Waals surface area (Å²) in [4.78, 5) is 49.5. The number of likely N-dealkylation sites (tertiary alicyclic amines) is 1. The van der Waals surface area contributed by atoms with E-state index in [0.717, 1.165) is 17.5 Å². The van der Waals surface area contributed by atoms with Crippen molar-refractivity contribution in [2.45, 2.75) is 70.6 Å². The Morgan fingerprint density at radius 2 is 1.85 bits per heavy atom. The van der Waals surface area contributed by atoms with Gasteiger partial charge in [0.2, 0.25) is 11.8 Å². The molecule has 1 saturated heterocycles. The molecule has 2 aliphatic heterocycles. The molecule has 1 saturated carbocycles. The van der Waals surface area contributed by atoms with Crippen LogP contribution in [-0.4, -0.2) is 51.1 Å². The van der Waals surface area contributed by atoms with Crippen molar-refractivity contribution >= 4 is 29.1 Å². The smallest absolute Gasteiger partial charge is 0.255 e. The van der Waals surface area contributed by atoms with Crippen LogP contribution in [0.2, 0.25) is 0 Å². The van der Waals surface area contributed by atoms with Gasteiger partial charge < -0.3 is 15.1 Å². The zero-order valence-electron chi connectivity index (χ0n) is 22.4. The van der Waals surface area contributed by atoms with E-state index >= 15 is 0 Å². The highest BCUT2D eigenvalue weighted by Gasteiger charge is 2.43. The second-order valence-electron chi connectivity index (χ2n) is 11.2. The van der Waals surface area contributed by atoms with Crippen molar-refractivity contribution in [2.24, 2.45) is 5.92 Å². The molecule has 0 radical (unpaired) electrons. The second-order valence-corrected chi connectivity index (χ2v) is 12.1. The van der Waals surface area contributed by atoms with Crippen molar-refractivity contribution in [3.63, 3.8) is 0 Å². The molecule has 39 heavy (non-hydrogen) atoms. The topological polar surface area (TPSA) is 82.6 Å². The Balaban J connectivity index is 1.10. The maximum atomic E-state index is 13.8. The molecule has 2 unspecified atom stereocenters. The summed E-state index contributed by atoms with van der Waals surface area (Å²) in [5.74, 6) is 0.157. The Hall–Kier alpha value is -3.52. The average molecular weight is 543 g/mol. The lowest BCUT2D eigenvalue weighted by molar-refractivity contribution is -0.143. The maximum Gasteiger partial charge on any atom is 0.255 e. The summed E-state index contributed by atoms with van der Waals surface area (Å²) in [5, 5.41) is 3.06. The van der Waals surface area contributed by atoms with Gasteiger partial charge in [-0.15, -0.1) is 11.3 Å². The summed E-state index contributed by atoms with van der Waals surface area (Å²) in [6.45, 7) is 5.29. The van der Waals surface area contributed by atoms with E-state index < -0.39 is 12.1 Å². The second kappa shape index (κ2) is 10.6. The highest BCUT2D eigenvalue weighted by Crippen LogP contribution is 2.45. The molecule has 2 atom stereocenters. The van der Waals surface area contributed by atoms with Crippen LogP contribution in [0, 0.1) is 5.92 Å². The van der Waals surface area contributed by atoms with Gasteiger partial charge in [0.1, 0.15) is 12.1 Å². The number of benzene rings is 2. The SMILES string of the molecule is CC(C)C(C(=O)N1CCCC1C(=O)NCc1ccc(-c2scnc2C2CC2)cc1)N1Cc2ccccc2C1=O. The molecular weight excluding hydrogens is 508 g/mol. The molecule has 3 amide bonds. The number of rotatable bonds is 8. The van der Waals surface area contributed by atoms with Crippen LogP contribution in [0.1, 0.15) is 72.6 Å². The lowest BCUT2D eigenvalue weighted by atomic mass is 10.0. The minimum atomic E-state index is -0.599. The summed E-state index contributed by atoms with van der Waals surface area (Å²) in [6.07, 6.45) is 3.85. The molecule has 1 N–H and O–H groups in total. The highest BCUT2D eigenvalue weighted by atomic mass is 32.1. The van der Waals surface area contributed by atoms with Crippen molar-refractivity contribution in [2.75, 3.05) is 6.54 Å². The van der Waals surface area contributed by atoms with Crippen molar-refractivity contribution in [3.8, 4) is 10.4 Å². The van der Waals surface area contributed by atoms with Crippen LogP contribution < -0.4 is 5.32 Å². The predicted molar refractivity (Wildman–Crippen MR) is 151 cm³/mol. The van der Waals surface area contributed by atoms with E-state index in [9.17, 15) is 14.4 Å². The number of nitrogens with one attached hydrogen (secondary N) is 1. The number of carbonyl (C=O) groups excluding carboxylic acids is 3. The molecule has 3 aliphatic rings. The number of nitrogens with zero attached hydrogens (tertiary/aromatic N) is 3. The Bertz CT molecular complexity index is 1390. The fraction of sp³-hybridized carbons (Fsp3) is 0.419. The molecule has 2 fully saturated rings. The Morgan fingerprint density at radius 3 is 2.56 bits per heavy atom. The molecule has 3 heterocycles. The lowest BCUT2D eigenvalue weighted by Crippen LogP contribution is -2.55. The Labute approximate surface area is 233 Å². The van der Waals surface area contributed by atoms with Crippen molar-refractivity contribution in [1.29, 1.82) is 0 Å². The molecule has 7 nitrogen and oxygen atoms in total. The van der Waals surface area contributed by atoms with Gasteiger partial charge in [-0.05, 0) is 54.4 Å². The van der Waals surface area contributed by atoms with Crippen molar-refractivity contribution < 1.29 is 14.4 Å². The van der Waals surface area contributed by atoms with Gasteiger partial charge >= 0.3 is 0 Å². The molecular formula is C31H34N4O3S. The predicted octanol–water partition coefficient (Wildman–Crippen LogP) is 4.98. The first-order valence-corrected chi connectivity index (χ1v) is 14.8. The third kappa shape index (κ3) is 4.98. The lowest BCUT2D eigenvalue weighted by Gasteiger charge is -2.35. The van der Waals surface area contributed by atoms with Gasteiger partial charge in [-0.2, -0.15) is 0 Å². The van der Waals surface area contributed by atoms with Crippen LogP contribution in [-0.2, 0) is 22.7 Å². The zero-order chi connectivity index (χ0) is 27.1. The van der Waals surface area contributed by atoms with Crippen LogP contribution in [0.15, 0.2) is 54.0 Å². The summed E-state index contributed by atoms with van der Waals surface area (Å²) in [5.41, 5.74) is 6.93. The minimum Gasteiger partial charge on any atom is -0.350 e. The summed E-state index contributed by atoms with van der Waals surface area (Å²) >= 11 is 1.68. The van der Waals surface area contributed by atoms with E-state index in [1.807, 2.05) is 43.6 Å². The third-order valence-electron chi connectivity index (χ3n) is 8.15. The standard InChI is InChI=1S/C31H34N4O3S/c1-19(2)27(35-17-23-6-3-4-7-24(23)30(35)37)31(38)34-15-5-8-25(34)29(36)32-16-20-9-11-22(12-10-20)28-26(21-13-14-21)33-18-39-28/h3-4,6-7,9-12,18-19,21,25,27H,5,8,13-17H2,1-2H3,(H,32,36). The normalized spacial score (nSPS) is 19.5. The fourth-order valence-electron chi connectivity index (χ4n) is 5.95. The number of carbonyl (C=O) groups is 3. The first-order valence-electron chi connectivity index (χ1n) is 13.9. The Kier molecular flexibility index (Phi) is 6.97. The summed E-state index contributed by atoms with van der Waals surface area (Å²) < 4.78 is 0. The molecule has 6 rings (SSSR count). The third-order valence-corrected chi connectivity index (χ3v) is 9.04. The van der Waals surface area contributed by atoms with Gasteiger partial charge in [-0.25, -0.2) is 4.98 Å². The van der Waals surface area contributed by atoms with Crippen LogP contribution in [0.5, 0.6) is 0 Å². The van der Waals surface area contributed by atoms with Gasteiger partial charge in [-0.1, -0.05) is 56.3 Å². The number of thiazole rings is 1. The number of hydrogen-bond acceptors (Lipinski definition) is 5. The Morgan fingerprint density at radius 1 is 1.08 bits per heavy atom. The van der Waals surface area contributed by atoms with Gasteiger partial charge in [0.15, 0.2) is 0 Å². The van der Waals surface area contributed by atoms with E-state index in [-0.39, 0.29) is 23.6 Å². The molecule has 1 aliphatic carbocycles. The first-order chi connectivity index (χ1) is 18.9. The molecule has 0 bridgehead atoms. The van der Waals surface area contributed by atoms with Crippen LogP contribution in [0.3, 0.4) is 0 Å². The van der Waals surface area contributed by atoms with Crippen molar-refractivity contribution in [1.82, 2.24) is 20.1 Å². The first kappa shape index (κ1) is 25.7. The largest absolute Gasteiger partial charge is 0.350 e. The molecule has 202 valence electrons. The molecule has 8 heteroatoms. The number of amides is 3. The van der Waals surface area contributed by atoms with Gasteiger partial charge in [0.05, 0.1) is 16.1 Å². The van der Waals surface area contributed by atoms with Crippen LogP contribution in [0.25, 0.3) is 10.4 Å². The number of aromatic nitrogens is 1. The number of fused-ring (bicyclic) bond motifs is 1. The molecule has 2 aromatic carbocycles. The summed E-state index contributed by atoms with van der Waals surface area (Å²) in [6, 6.07) is 14.7. The van der Waals surface area contributed by atoms with Crippen LogP contribution >= 0.6 is 11.3 Å². The van der Waals surface area contributed by atoms with E-state index in [1.54, 1.807) is 21.1 Å². The zero-order valence-corrected chi connectivity index (χ0v) is 23.2. The van der Waals surface area contributed by atoms with Crippen LogP contribution in [0.4, 0.5) is 0 Å². The van der Waals surface area contributed by atoms with E-state index in [1.165, 1.54) is 29.0 Å². The van der Waals surface area contributed by atoms with E-state index in [2.05, 4.69) is 34.6 Å². The van der Waals surface area contributed by atoms with Crippen molar-refractivity contribution in [3.05, 3.63) is 76.4 Å². The van der Waals surface area contributed by atoms with E-state index in [0.29, 0.717) is 37.5 Å². The van der Waals surface area contributed by atoms with Gasteiger partial charge in [0.25, 0.3) is 5.91 Å². The van der Waals surface area contributed by atoms with E-state index in [4.69, 9.17) is 0 Å². The monoisotopic (exact) mass is 542 g/mol. The number of hydrogen-bond donors (Lipinski definition) is 1. The van der Waals surface area contributed by atoms with Gasteiger partial charge in [-0.3, -0.25) is 14.4 Å².